The van der Waals surface area contributed by atoms with E-state index in [9.17, 15) is 9.59 Å². The molecule has 4 nitrogen and oxygen atoms in total. The highest BCUT2D eigenvalue weighted by Gasteiger charge is 2.13. The second-order valence-electron chi connectivity index (χ2n) is 5.51. The Bertz CT molecular complexity index is 267. The first kappa shape index (κ1) is 19.1. The second kappa shape index (κ2) is 13.1. The molecule has 0 spiro atoms. The van der Waals surface area contributed by atoms with E-state index in [4.69, 9.17) is 5.73 Å². The summed E-state index contributed by atoms with van der Waals surface area (Å²) in [7, 11) is 0. The molecule has 0 saturated heterocycles. The van der Waals surface area contributed by atoms with Gasteiger partial charge in [0.05, 0.1) is 6.04 Å². The van der Waals surface area contributed by atoms with Crippen LogP contribution in [0.3, 0.4) is 0 Å². The molecule has 0 aliphatic rings. The van der Waals surface area contributed by atoms with Gasteiger partial charge in [-0.3, -0.25) is 9.59 Å². The van der Waals surface area contributed by atoms with Gasteiger partial charge in [-0.25, -0.2) is 0 Å². The highest BCUT2D eigenvalue weighted by Crippen LogP contribution is 2.09. The van der Waals surface area contributed by atoms with Gasteiger partial charge < -0.3 is 11.1 Å². The average molecular weight is 284 g/mol. The largest absolute Gasteiger partial charge is 0.346 e. The zero-order valence-corrected chi connectivity index (χ0v) is 13.2. The number of Topliss-reactive ketones (excluding diaryl/α,β-unsaturated/α-hetero) is 1. The predicted molar refractivity (Wildman–Crippen MR) is 83.5 cm³/mol. The van der Waals surface area contributed by atoms with Crippen LogP contribution >= 0.6 is 0 Å². The lowest BCUT2D eigenvalue weighted by atomic mass is 10.1. The fraction of sp³-hybridized carbons (Fsp3) is 0.875. The highest BCUT2D eigenvalue weighted by atomic mass is 16.2. The van der Waals surface area contributed by atoms with Gasteiger partial charge in [0.25, 0.3) is 0 Å². The summed E-state index contributed by atoms with van der Waals surface area (Å²) in [5, 5.41) is 2.79. The van der Waals surface area contributed by atoms with Crippen molar-refractivity contribution in [2.45, 2.75) is 84.1 Å². The average Bonchev–Trinajstić information content (AvgIpc) is 2.42. The second-order valence-corrected chi connectivity index (χ2v) is 5.51. The molecule has 1 atom stereocenters. The number of nitrogens with one attached hydrogen (secondary N) is 1. The predicted octanol–water partition coefficient (Wildman–Crippen LogP) is 2.94. The van der Waals surface area contributed by atoms with Crippen molar-refractivity contribution in [2.24, 2.45) is 5.73 Å². The first-order chi connectivity index (χ1) is 9.61. The van der Waals surface area contributed by atoms with Crippen LogP contribution in [0.15, 0.2) is 0 Å². The van der Waals surface area contributed by atoms with Gasteiger partial charge in [0, 0.05) is 6.42 Å². The lowest BCUT2D eigenvalue weighted by Crippen LogP contribution is -2.39. The van der Waals surface area contributed by atoms with Gasteiger partial charge in [0.15, 0.2) is 5.78 Å². The topological polar surface area (TPSA) is 72.2 Å². The molecule has 3 N–H and O–H groups in total. The summed E-state index contributed by atoms with van der Waals surface area (Å²) in [5.74, 6) is 0.0494. The van der Waals surface area contributed by atoms with Crippen LogP contribution in [0.4, 0.5) is 0 Å². The lowest BCUT2D eigenvalue weighted by molar-refractivity contribution is -0.127. The van der Waals surface area contributed by atoms with Crippen molar-refractivity contribution in [2.75, 3.05) is 6.54 Å². The Morgan fingerprint density at radius 1 is 0.950 bits per heavy atom. The van der Waals surface area contributed by atoms with E-state index < -0.39 is 0 Å². The number of carbonyl (C=O) groups is 2. The van der Waals surface area contributed by atoms with Crippen molar-refractivity contribution in [3.05, 3.63) is 0 Å². The summed E-state index contributed by atoms with van der Waals surface area (Å²) < 4.78 is 0. The van der Waals surface area contributed by atoms with E-state index in [0.29, 0.717) is 12.8 Å². The van der Waals surface area contributed by atoms with Crippen LogP contribution in [0.25, 0.3) is 0 Å². The maximum atomic E-state index is 11.6. The third-order valence-corrected chi connectivity index (χ3v) is 3.59. The van der Waals surface area contributed by atoms with Crippen molar-refractivity contribution >= 4 is 11.7 Å². The third kappa shape index (κ3) is 11.0. The monoisotopic (exact) mass is 284 g/mol. The Balaban J connectivity index is 3.41. The minimum atomic E-state index is -0.301. The summed E-state index contributed by atoms with van der Waals surface area (Å²) in [5.41, 5.74) is 5.44. The molecule has 0 saturated carbocycles. The molecule has 1 amide bonds. The normalized spacial score (nSPS) is 12.2. The molecule has 118 valence electrons. The van der Waals surface area contributed by atoms with E-state index in [-0.39, 0.29) is 17.7 Å². The SMILES string of the molecule is CCC(NC(=O)CCCCCCCCCCN)C(C)=O. The maximum absolute atomic E-state index is 11.6. The number of nitrogens with two attached hydrogens (primary N) is 1. The van der Waals surface area contributed by atoms with Gasteiger partial charge >= 0.3 is 0 Å². The smallest absolute Gasteiger partial charge is 0.220 e. The zero-order valence-electron chi connectivity index (χ0n) is 13.2. The summed E-state index contributed by atoms with van der Waals surface area (Å²) in [6, 6.07) is -0.301. The van der Waals surface area contributed by atoms with Crippen molar-refractivity contribution in [3.8, 4) is 0 Å². The number of rotatable bonds is 13. The Labute approximate surface area is 123 Å². The number of ketones is 1. The van der Waals surface area contributed by atoms with E-state index in [1.54, 1.807) is 0 Å². The van der Waals surface area contributed by atoms with E-state index in [0.717, 1.165) is 25.8 Å². The molecular weight excluding hydrogens is 252 g/mol. The summed E-state index contributed by atoms with van der Waals surface area (Å²) >= 11 is 0. The fourth-order valence-corrected chi connectivity index (χ4v) is 2.25. The van der Waals surface area contributed by atoms with E-state index in [1.165, 1.54) is 39.0 Å². The molecule has 0 fully saturated rings. The molecule has 4 heteroatoms. The van der Waals surface area contributed by atoms with Crippen LogP contribution < -0.4 is 11.1 Å². The Hall–Kier alpha value is -0.900. The van der Waals surface area contributed by atoms with Gasteiger partial charge in [0.1, 0.15) is 0 Å². The Morgan fingerprint density at radius 2 is 1.45 bits per heavy atom. The zero-order chi connectivity index (χ0) is 15.2. The summed E-state index contributed by atoms with van der Waals surface area (Å²) in [6.07, 6.45) is 10.6. The van der Waals surface area contributed by atoms with Gasteiger partial charge in [-0.1, -0.05) is 45.4 Å². The van der Waals surface area contributed by atoms with Gasteiger partial charge in [-0.05, 0) is 32.7 Å². The van der Waals surface area contributed by atoms with E-state index in [2.05, 4.69) is 5.32 Å². The first-order valence-corrected chi connectivity index (χ1v) is 8.11. The van der Waals surface area contributed by atoms with Crippen molar-refractivity contribution in [1.82, 2.24) is 5.32 Å². The van der Waals surface area contributed by atoms with Crippen molar-refractivity contribution < 1.29 is 9.59 Å². The quantitative estimate of drug-likeness (QED) is 0.511. The maximum Gasteiger partial charge on any atom is 0.220 e. The molecular formula is C16H32N2O2. The van der Waals surface area contributed by atoms with E-state index in [1.807, 2.05) is 6.92 Å². The van der Waals surface area contributed by atoms with Gasteiger partial charge in [-0.15, -0.1) is 0 Å². The summed E-state index contributed by atoms with van der Waals surface area (Å²) in [6.45, 7) is 4.24. The summed E-state index contributed by atoms with van der Waals surface area (Å²) in [4.78, 5) is 22.9. The Kier molecular flexibility index (Phi) is 12.5. The number of hydrogen-bond acceptors (Lipinski definition) is 3. The van der Waals surface area contributed by atoms with Gasteiger partial charge in [0.2, 0.25) is 5.91 Å². The highest BCUT2D eigenvalue weighted by molar-refractivity contribution is 5.87. The lowest BCUT2D eigenvalue weighted by Gasteiger charge is -2.13. The minimum absolute atomic E-state index is 0.00926. The van der Waals surface area contributed by atoms with Crippen molar-refractivity contribution in [3.63, 3.8) is 0 Å². The Morgan fingerprint density at radius 3 is 1.90 bits per heavy atom. The van der Waals surface area contributed by atoms with E-state index >= 15 is 0 Å². The van der Waals surface area contributed by atoms with Crippen LogP contribution in [-0.2, 0) is 9.59 Å². The number of carbonyl (C=O) groups excluding carboxylic acids is 2. The molecule has 20 heavy (non-hydrogen) atoms. The molecule has 0 aliphatic carbocycles. The van der Waals surface area contributed by atoms with Crippen LogP contribution in [0.5, 0.6) is 0 Å². The molecule has 1 unspecified atom stereocenters. The minimum Gasteiger partial charge on any atom is -0.346 e. The number of amides is 1. The molecule has 0 bridgehead atoms. The number of unbranched alkanes of at least 4 members (excludes halogenated alkanes) is 7. The fourth-order valence-electron chi connectivity index (χ4n) is 2.25. The van der Waals surface area contributed by atoms with Crippen molar-refractivity contribution in [1.29, 1.82) is 0 Å². The van der Waals surface area contributed by atoms with Crippen LogP contribution in [0.2, 0.25) is 0 Å². The first-order valence-electron chi connectivity index (χ1n) is 8.11. The molecule has 0 heterocycles. The standard InChI is InChI=1S/C16H32N2O2/c1-3-15(14(2)19)18-16(20)12-10-8-6-4-5-7-9-11-13-17/h15H,3-13,17H2,1-2H3,(H,18,20). The van der Waals surface area contributed by atoms with Crippen LogP contribution in [-0.4, -0.2) is 24.3 Å². The molecule has 0 rings (SSSR count). The molecule has 0 aromatic rings. The van der Waals surface area contributed by atoms with Gasteiger partial charge in [-0.2, -0.15) is 0 Å². The van der Waals surface area contributed by atoms with Crippen LogP contribution in [0, 0.1) is 0 Å². The number of hydrogen-bond donors (Lipinski definition) is 2. The molecule has 0 aliphatic heterocycles. The van der Waals surface area contributed by atoms with Crippen LogP contribution in [0.1, 0.15) is 78.1 Å². The molecule has 0 aromatic heterocycles. The third-order valence-electron chi connectivity index (χ3n) is 3.59. The molecule has 0 aromatic carbocycles. The molecule has 0 radical (unpaired) electrons.